The topological polar surface area (TPSA) is 140 Å². The third-order valence-corrected chi connectivity index (χ3v) is 8.60. The van der Waals surface area contributed by atoms with Crippen LogP contribution in [-0.4, -0.2) is 32.5 Å². The van der Waals surface area contributed by atoms with Gasteiger partial charge < -0.3 is 9.47 Å². The summed E-state index contributed by atoms with van der Waals surface area (Å²) in [5.74, 6) is -1.95. The summed E-state index contributed by atoms with van der Waals surface area (Å²) in [5, 5.41) is 5.25. The standard InChI is InChI=1S/C34H22Cl3N3O7S/c35-25-8-1-22(2-9-25)33(42)46-29-16-7-24(31(19-29)47-34(43)23-3-10-26(36)11-4-23)20-38-39-32(41)21-5-14-28(15-6-21)40-48(44,45)30-17-12-27(37)13-18-30/h1-20,40H,(H,39,41)/b38-20+. The molecule has 0 aliphatic heterocycles. The van der Waals surface area contributed by atoms with Crippen molar-refractivity contribution in [2.24, 2.45) is 5.10 Å². The fraction of sp³-hybridized carbons (Fsp3) is 0. The van der Waals surface area contributed by atoms with Crippen LogP contribution in [0.3, 0.4) is 0 Å². The van der Waals surface area contributed by atoms with Gasteiger partial charge in [-0.3, -0.25) is 9.52 Å². The number of nitrogens with one attached hydrogen (secondary N) is 2. The van der Waals surface area contributed by atoms with Crippen LogP contribution in [0.5, 0.6) is 11.5 Å². The van der Waals surface area contributed by atoms with Gasteiger partial charge in [-0.05, 0) is 109 Å². The van der Waals surface area contributed by atoms with Crippen LogP contribution in [0.1, 0.15) is 36.6 Å². The second-order valence-corrected chi connectivity index (χ2v) is 12.8. The summed E-state index contributed by atoms with van der Waals surface area (Å²) in [6.07, 6.45) is 1.24. The Hall–Kier alpha value is -5.20. The van der Waals surface area contributed by atoms with E-state index in [-0.39, 0.29) is 44.3 Å². The van der Waals surface area contributed by atoms with Gasteiger partial charge in [-0.15, -0.1) is 0 Å². The Morgan fingerprint density at radius 3 is 1.69 bits per heavy atom. The highest BCUT2D eigenvalue weighted by Crippen LogP contribution is 2.26. The molecule has 0 unspecified atom stereocenters. The van der Waals surface area contributed by atoms with Crippen molar-refractivity contribution in [1.82, 2.24) is 5.43 Å². The first-order valence-electron chi connectivity index (χ1n) is 13.8. The third kappa shape index (κ3) is 8.99. The van der Waals surface area contributed by atoms with E-state index in [1.54, 1.807) is 12.1 Å². The molecule has 0 saturated carbocycles. The molecule has 1 amide bonds. The van der Waals surface area contributed by atoms with Gasteiger partial charge in [0, 0.05) is 37.9 Å². The number of anilines is 1. The number of hydrogen-bond acceptors (Lipinski definition) is 8. The molecule has 5 aromatic rings. The Morgan fingerprint density at radius 2 is 1.12 bits per heavy atom. The molecule has 0 spiro atoms. The van der Waals surface area contributed by atoms with E-state index in [0.717, 1.165) is 0 Å². The normalized spacial score (nSPS) is 11.1. The van der Waals surface area contributed by atoms with E-state index in [0.29, 0.717) is 15.1 Å². The minimum absolute atomic E-state index is 0.0216. The quantitative estimate of drug-likeness (QED) is 0.0653. The highest BCUT2D eigenvalue weighted by molar-refractivity contribution is 7.92. The van der Waals surface area contributed by atoms with E-state index >= 15 is 0 Å². The molecule has 0 fully saturated rings. The molecule has 48 heavy (non-hydrogen) atoms. The van der Waals surface area contributed by atoms with Gasteiger partial charge in [-0.25, -0.2) is 23.4 Å². The molecule has 0 bridgehead atoms. The average Bonchev–Trinajstić information content (AvgIpc) is 3.06. The van der Waals surface area contributed by atoms with Crippen molar-refractivity contribution < 1.29 is 32.3 Å². The van der Waals surface area contributed by atoms with E-state index in [9.17, 15) is 22.8 Å². The predicted molar refractivity (Wildman–Crippen MR) is 183 cm³/mol. The Balaban J connectivity index is 1.29. The molecule has 2 N–H and O–H groups in total. The first-order chi connectivity index (χ1) is 23.0. The number of esters is 2. The molecule has 0 saturated heterocycles. The van der Waals surface area contributed by atoms with Gasteiger partial charge in [0.2, 0.25) is 0 Å². The molecule has 242 valence electrons. The lowest BCUT2D eigenvalue weighted by Gasteiger charge is -2.11. The predicted octanol–water partition coefficient (Wildman–Crippen LogP) is 7.65. The molecule has 5 rings (SSSR count). The number of carbonyl (C=O) groups excluding carboxylic acids is 3. The summed E-state index contributed by atoms with van der Waals surface area (Å²) in [6.45, 7) is 0. The van der Waals surface area contributed by atoms with Gasteiger partial charge in [0.05, 0.1) is 22.2 Å². The van der Waals surface area contributed by atoms with Gasteiger partial charge in [-0.2, -0.15) is 5.10 Å². The summed E-state index contributed by atoms with van der Waals surface area (Å²) in [6, 6.07) is 27.7. The summed E-state index contributed by atoms with van der Waals surface area (Å²) in [7, 11) is -3.87. The minimum Gasteiger partial charge on any atom is -0.423 e. The fourth-order valence-electron chi connectivity index (χ4n) is 4.01. The molecule has 10 nitrogen and oxygen atoms in total. The van der Waals surface area contributed by atoms with Crippen molar-refractivity contribution in [3.05, 3.63) is 153 Å². The smallest absolute Gasteiger partial charge is 0.343 e. The zero-order chi connectivity index (χ0) is 34.3. The number of nitrogens with zero attached hydrogens (tertiary/aromatic N) is 1. The maximum atomic E-state index is 12.9. The van der Waals surface area contributed by atoms with Crippen LogP contribution < -0.4 is 19.6 Å². The molecular weight excluding hydrogens is 701 g/mol. The van der Waals surface area contributed by atoms with Crippen molar-refractivity contribution in [2.75, 3.05) is 4.72 Å². The maximum absolute atomic E-state index is 12.9. The van der Waals surface area contributed by atoms with Crippen LogP contribution >= 0.6 is 34.8 Å². The first kappa shape index (κ1) is 34.1. The number of rotatable bonds is 10. The van der Waals surface area contributed by atoms with Crippen molar-refractivity contribution >= 4 is 74.6 Å². The number of ether oxygens (including phenoxy) is 2. The van der Waals surface area contributed by atoms with Gasteiger partial charge in [-0.1, -0.05) is 34.8 Å². The Labute approximate surface area is 289 Å². The number of benzene rings is 5. The molecule has 0 aliphatic rings. The van der Waals surface area contributed by atoms with Crippen LogP contribution in [0.15, 0.2) is 125 Å². The fourth-order valence-corrected chi connectivity index (χ4v) is 5.45. The largest absolute Gasteiger partial charge is 0.423 e. The zero-order valence-corrected chi connectivity index (χ0v) is 27.5. The van der Waals surface area contributed by atoms with E-state index in [2.05, 4.69) is 15.2 Å². The van der Waals surface area contributed by atoms with E-state index < -0.39 is 27.9 Å². The molecule has 0 atom stereocenters. The number of sulfonamides is 1. The lowest BCUT2D eigenvalue weighted by atomic mass is 10.2. The average molecular weight is 723 g/mol. The molecule has 14 heteroatoms. The van der Waals surface area contributed by atoms with Crippen LogP contribution in [-0.2, 0) is 10.0 Å². The Bertz CT molecular complexity index is 2110. The lowest BCUT2D eigenvalue weighted by molar-refractivity contribution is 0.0731. The van der Waals surface area contributed by atoms with Crippen molar-refractivity contribution in [2.45, 2.75) is 4.90 Å². The SMILES string of the molecule is O=C(N/N=C/c1ccc(OC(=O)c2ccc(Cl)cc2)cc1OC(=O)c1ccc(Cl)cc1)c1ccc(NS(=O)(=O)c2ccc(Cl)cc2)cc1. The van der Waals surface area contributed by atoms with E-state index in [4.69, 9.17) is 44.3 Å². The number of carbonyl (C=O) groups is 3. The molecule has 5 aromatic carbocycles. The number of amides is 1. The molecular formula is C34H22Cl3N3O7S. The Kier molecular flexibility index (Phi) is 10.8. The van der Waals surface area contributed by atoms with Gasteiger partial charge in [0.1, 0.15) is 11.5 Å². The summed E-state index contributed by atoms with van der Waals surface area (Å²) >= 11 is 17.7. The second-order valence-electron chi connectivity index (χ2n) is 9.83. The number of halogens is 3. The highest BCUT2D eigenvalue weighted by Gasteiger charge is 2.17. The summed E-state index contributed by atoms with van der Waals surface area (Å²) < 4.78 is 38.7. The van der Waals surface area contributed by atoms with E-state index in [1.165, 1.54) is 109 Å². The Morgan fingerprint density at radius 1 is 0.625 bits per heavy atom. The zero-order valence-electron chi connectivity index (χ0n) is 24.4. The molecule has 0 aromatic heterocycles. The van der Waals surface area contributed by atoms with Gasteiger partial charge in [0.25, 0.3) is 15.9 Å². The third-order valence-electron chi connectivity index (χ3n) is 6.45. The van der Waals surface area contributed by atoms with Crippen LogP contribution in [0.2, 0.25) is 15.1 Å². The van der Waals surface area contributed by atoms with Gasteiger partial charge >= 0.3 is 11.9 Å². The maximum Gasteiger partial charge on any atom is 0.343 e. The molecule has 0 heterocycles. The second kappa shape index (κ2) is 15.1. The molecule has 0 aliphatic carbocycles. The lowest BCUT2D eigenvalue weighted by Crippen LogP contribution is -2.18. The minimum atomic E-state index is -3.87. The van der Waals surface area contributed by atoms with Crippen molar-refractivity contribution in [1.29, 1.82) is 0 Å². The highest BCUT2D eigenvalue weighted by atomic mass is 35.5. The van der Waals surface area contributed by atoms with E-state index in [1.807, 2.05) is 0 Å². The van der Waals surface area contributed by atoms with Crippen LogP contribution in [0, 0.1) is 0 Å². The molecule has 0 radical (unpaired) electrons. The van der Waals surface area contributed by atoms with Crippen molar-refractivity contribution in [3.63, 3.8) is 0 Å². The monoisotopic (exact) mass is 721 g/mol. The number of hydrogen-bond donors (Lipinski definition) is 2. The first-order valence-corrected chi connectivity index (χ1v) is 16.4. The summed E-state index contributed by atoms with van der Waals surface area (Å²) in [5.41, 5.74) is 3.49. The number of hydrazone groups is 1. The summed E-state index contributed by atoms with van der Waals surface area (Å²) in [4.78, 5) is 38.3. The van der Waals surface area contributed by atoms with Crippen LogP contribution in [0.25, 0.3) is 0 Å². The van der Waals surface area contributed by atoms with Crippen molar-refractivity contribution in [3.8, 4) is 11.5 Å². The van der Waals surface area contributed by atoms with Crippen LogP contribution in [0.4, 0.5) is 5.69 Å². The van der Waals surface area contributed by atoms with Gasteiger partial charge in [0.15, 0.2) is 0 Å².